The quantitative estimate of drug-likeness (QED) is 0.745. The van der Waals surface area contributed by atoms with E-state index in [-0.39, 0.29) is 5.56 Å². The Bertz CT molecular complexity index is 374. The molecule has 0 aromatic heterocycles. The van der Waals surface area contributed by atoms with E-state index in [4.69, 9.17) is 5.11 Å². The summed E-state index contributed by atoms with van der Waals surface area (Å²) < 4.78 is 13.2. The number of carboxylic acids is 1. The lowest BCUT2D eigenvalue weighted by Crippen LogP contribution is -2.39. The summed E-state index contributed by atoms with van der Waals surface area (Å²) in [6.45, 7) is 1.68. The number of nitrogens with one attached hydrogen (secondary N) is 1. The van der Waals surface area contributed by atoms with Crippen LogP contribution in [-0.4, -0.2) is 24.2 Å². The van der Waals surface area contributed by atoms with Crippen molar-refractivity contribution in [2.45, 2.75) is 5.92 Å². The van der Waals surface area contributed by atoms with Crippen LogP contribution < -0.4 is 5.32 Å². The van der Waals surface area contributed by atoms with Gasteiger partial charge in [0.25, 0.3) is 0 Å². The van der Waals surface area contributed by atoms with E-state index >= 15 is 0 Å². The average molecular weight is 195 g/mol. The standard InChI is InChI=1S/C10H10FNO2/c11-9-3-6(7-4-12-5-7)1-2-8(9)10(13)14/h1-3,7,12H,4-5H2,(H,13,14). The number of hydrogen-bond donors (Lipinski definition) is 2. The lowest BCUT2D eigenvalue weighted by Gasteiger charge is -2.27. The van der Waals surface area contributed by atoms with Gasteiger partial charge >= 0.3 is 5.97 Å². The lowest BCUT2D eigenvalue weighted by atomic mass is 9.93. The van der Waals surface area contributed by atoms with Crippen LogP contribution >= 0.6 is 0 Å². The Hall–Kier alpha value is -1.42. The van der Waals surface area contributed by atoms with Crippen molar-refractivity contribution in [3.05, 3.63) is 35.1 Å². The maximum absolute atomic E-state index is 13.2. The van der Waals surface area contributed by atoms with Crippen LogP contribution in [0.3, 0.4) is 0 Å². The van der Waals surface area contributed by atoms with Crippen LogP contribution in [0.1, 0.15) is 21.8 Å². The Morgan fingerprint density at radius 1 is 1.50 bits per heavy atom. The number of carbonyl (C=O) groups is 1. The third kappa shape index (κ3) is 1.48. The van der Waals surface area contributed by atoms with Crippen LogP contribution in [0.5, 0.6) is 0 Å². The fourth-order valence-corrected chi connectivity index (χ4v) is 1.48. The van der Waals surface area contributed by atoms with Crippen molar-refractivity contribution in [2.24, 2.45) is 0 Å². The molecule has 0 atom stereocenters. The van der Waals surface area contributed by atoms with Gasteiger partial charge in [-0.3, -0.25) is 0 Å². The molecule has 0 saturated carbocycles. The summed E-state index contributed by atoms with van der Waals surface area (Å²) >= 11 is 0. The second-order valence-corrected chi connectivity index (χ2v) is 3.40. The minimum atomic E-state index is -1.22. The number of benzene rings is 1. The predicted octanol–water partition coefficient (Wildman–Crippen LogP) is 1.21. The van der Waals surface area contributed by atoms with Gasteiger partial charge in [-0.2, -0.15) is 0 Å². The van der Waals surface area contributed by atoms with Gasteiger partial charge in [0.05, 0.1) is 5.56 Å². The van der Waals surface area contributed by atoms with E-state index in [0.29, 0.717) is 5.92 Å². The zero-order chi connectivity index (χ0) is 10.1. The maximum Gasteiger partial charge on any atom is 0.338 e. The van der Waals surface area contributed by atoms with Gasteiger partial charge in [-0.1, -0.05) is 6.07 Å². The molecule has 1 fully saturated rings. The van der Waals surface area contributed by atoms with Crippen molar-refractivity contribution >= 4 is 5.97 Å². The summed E-state index contributed by atoms with van der Waals surface area (Å²) in [6.07, 6.45) is 0. The molecule has 1 saturated heterocycles. The third-order valence-electron chi connectivity index (χ3n) is 2.48. The number of aromatic carboxylic acids is 1. The molecule has 1 aliphatic heterocycles. The number of hydrogen-bond acceptors (Lipinski definition) is 2. The first-order chi connectivity index (χ1) is 6.68. The molecule has 1 aromatic carbocycles. The molecule has 1 aliphatic rings. The highest BCUT2D eigenvalue weighted by Crippen LogP contribution is 2.21. The highest BCUT2D eigenvalue weighted by Gasteiger charge is 2.20. The van der Waals surface area contributed by atoms with Gasteiger partial charge in [0.1, 0.15) is 5.82 Å². The van der Waals surface area contributed by atoms with E-state index < -0.39 is 11.8 Å². The van der Waals surface area contributed by atoms with E-state index in [1.807, 2.05) is 0 Å². The summed E-state index contributed by atoms with van der Waals surface area (Å²) in [5, 5.41) is 11.7. The van der Waals surface area contributed by atoms with Crippen LogP contribution in [0.2, 0.25) is 0 Å². The zero-order valence-electron chi connectivity index (χ0n) is 7.46. The Kier molecular flexibility index (Phi) is 2.21. The Morgan fingerprint density at radius 2 is 2.21 bits per heavy atom. The zero-order valence-corrected chi connectivity index (χ0v) is 7.46. The van der Waals surface area contributed by atoms with E-state index in [2.05, 4.69) is 5.32 Å². The molecule has 0 bridgehead atoms. The molecule has 2 rings (SSSR count). The molecule has 1 aromatic rings. The summed E-state index contributed by atoms with van der Waals surface area (Å²) in [4.78, 5) is 10.5. The molecule has 0 unspecified atom stereocenters. The molecular weight excluding hydrogens is 185 g/mol. The fraction of sp³-hybridized carbons (Fsp3) is 0.300. The Balaban J connectivity index is 2.30. The lowest BCUT2D eigenvalue weighted by molar-refractivity contribution is 0.0692. The first-order valence-electron chi connectivity index (χ1n) is 4.42. The van der Waals surface area contributed by atoms with Crippen molar-refractivity contribution in [3.63, 3.8) is 0 Å². The molecule has 4 heteroatoms. The number of halogens is 1. The van der Waals surface area contributed by atoms with Gasteiger partial charge < -0.3 is 10.4 Å². The molecule has 0 radical (unpaired) electrons. The summed E-state index contributed by atoms with van der Waals surface area (Å²) in [7, 11) is 0. The first-order valence-corrected chi connectivity index (χ1v) is 4.42. The smallest absolute Gasteiger partial charge is 0.338 e. The van der Waals surface area contributed by atoms with Crippen LogP contribution in [0, 0.1) is 5.82 Å². The first kappa shape index (κ1) is 9.15. The van der Waals surface area contributed by atoms with Gasteiger partial charge in [0, 0.05) is 19.0 Å². The highest BCUT2D eigenvalue weighted by atomic mass is 19.1. The highest BCUT2D eigenvalue weighted by molar-refractivity contribution is 5.87. The molecule has 0 aliphatic carbocycles. The fourth-order valence-electron chi connectivity index (χ4n) is 1.48. The van der Waals surface area contributed by atoms with E-state index in [1.165, 1.54) is 12.1 Å². The van der Waals surface area contributed by atoms with Crippen LogP contribution in [0.4, 0.5) is 4.39 Å². The van der Waals surface area contributed by atoms with E-state index in [0.717, 1.165) is 18.7 Å². The van der Waals surface area contributed by atoms with E-state index in [9.17, 15) is 9.18 Å². The molecule has 14 heavy (non-hydrogen) atoms. The minimum absolute atomic E-state index is 0.263. The molecule has 74 valence electrons. The van der Waals surface area contributed by atoms with Crippen LogP contribution in [-0.2, 0) is 0 Å². The third-order valence-corrected chi connectivity index (χ3v) is 2.48. The van der Waals surface area contributed by atoms with E-state index in [1.54, 1.807) is 6.07 Å². The molecule has 1 heterocycles. The topological polar surface area (TPSA) is 49.3 Å². The SMILES string of the molecule is O=C(O)c1ccc(C2CNC2)cc1F. The van der Waals surface area contributed by atoms with Crippen LogP contribution in [0.25, 0.3) is 0 Å². The molecule has 0 spiro atoms. The monoisotopic (exact) mass is 195 g/mol. The molecule has 0 amide bonds. The van der Waals surface area contributed by atoms with Gasteiger partial charge in [-0.05, 0) is 17.7 Å². The maximum atomic E-state index is 13.2. The molecule has 3 nitrogen and oxygen atoms in total. The van der Waals surface area contributed by atoms with Crippen molar-refractivity contribution in [3.8, 4) is 0 Å². The average Bonchev–Trinajstić information content (AvgIpc) is 2.00. The van der Waals surface area contributed by atoms with Crippen LogP contribution in [0.15, 0.2) is 18.2 Å². The molecular formula is C10H10FNO2. The number of carboxylic acid groups (broad SMARTS) is 1. The second-order valence-electron chi connectivity index (χ2n) is 3.40. The summed E-state index contributed by atoms with van der Waals surface area (Å²) in [5.41, 5.74) is 0.604. The Labute approximate surface area is 80.6 Å². The van der Waals surface area contributed by atoms with Gasteiger partial charge in [-0.25, -0.2) is 9.18 Å². The summed E-state index contributed by atoms with van der Waals surface area (Å²) in [6, 6.07) is 4.32. The number of rotatable bonds is 2. The minimum Gasteiger partial charge on any atom is -0.478 e. The van der Waals surface area contributed by atoms with Gasteiger partial charge in [0.15, 0.2) is 0 Å². The largest absolute Gasteiger partial charge is 0.478 e. The molecule has 2 N–H and O–H groups in total. The van der Waals surface area contributed by atoms with Crippen molar-refractivity contribution < 1.29 is 14.3 Å². The van der Waals surface area contributed by atoms with Gasteiger partial charge in [-0.15, -0.1) is 0 Å². The normalized spacial score (nSPS) is 16.4. The van der Waals surface area contributed by atoms with Crippen molar-refractivity contribution in [1.82, 2.24) is 5.32 Å². The van der Waals surface area contributed by atoms with Gasteiger partial charge in [0.2, 0.25) is 0 Å². The van der Waals surface area contributed by atoms with Crippen molar-refractivity contribution in [2.75, 3.05) is 13.1 Å². The predicted molar refractivity (Wildman–Crippen MR) is 49.0 cm³/mol. The van der Waals surface area contributed by atoms with Crippen molar-refractivity contribution in [1.29, 1.82) is 0 Å². The second kappa shape index (κ2) is 3.38. The Morgan fingerprint density at radius 3 is 2.64 bits per heavy atom. The summed E-state index contributed by atoms with van der Waals surface area (Å²) in [5.74, 6) is -1.55.